The fraction of sp³-hybridized carbons (Fsp3) is 0.133. The van der Waals surface area contributed by atoms with Gasteiger partial charge in [0.1, 0.15) is 17.5 Å². The molecule has 2 rings (SSSR count). The van der Waals surface area contributed by atoms with Gasteiger partial charge in [-0.05, 0) is 36.2 Å². The van der Waals surface area contributed by atoms with Crippen molar-refractivity contribution in [1.82, 2.24) is 0 Å². The van der Waals surface area contributed by atoms with Crippen molar-refractivity contribution in [2.24, 2.45) is 5.73 Å². The van der Waals surface area contributed by atoms with E-state index < -0.39 is 28.9 Å². The number of rotatable bonds is 4. The van der Waals surface area contributed by atoms with Crippen molar-refractivity contribution in [2.75, 3.05) is 5.32 Å². The molecule has 1 amide bonds. The number of primary amides is 1. The maximum Gasteiger partial charge on any atom is 0.251 e. The summed E-state index contributed by atoms with van der Waals surface area (Å²) < 4.78 is 40.2. The van der Waals surface area contributed by atoms with Crippen LogP contribution in [0.2, 0.25) is 0 Å². The van der Waals surface area contributed by atoms with Gasteiger partial charge in [0.15, 0.2) is 0 Å². The predicted octanol–water partition coefficient (Wildman–Crippen LogP) is 3.12. The SMILES string of the molecule is Cc1ccc(F)cc1CNc1cc(C(N)=O)c(F)cc1F. The van der Waals surface area contributed by atoms with Crippen LogP contribution in [0, 0.1) is 24.4 Å². The average Bonchev–Trinajstić information content (AvgIpc) is 2.41. The summed E-state index contributed by atoms with van der Waals surface area (Å²) in [6.07, 6.45) is 0. The van der Waals surface area contributed by atoms with Gasteiger partial charge in [0.25, 0.3) is 5.91 Å². The van der Waals surface area contributed by atoms with Gasteiger partial charge in [0.2, 0.25) is 0 Å². The molecule has 0 saturated heterocycles. The Balaban J connectivity index is 2.25. The van der Waals surface area contributed by atoms with E-state index in [1.807, 2.05) is 0 Å². The third-order valence-corrected chi connectivity index (χ3v) is 3.10. The molecule has 0 aliphatic rings. The van der Waals surface area contributed by atoms with Crippen LogP contribution in [-0.4, -0.2) is 5.91 Å². The van der Waals surface area contributed by atoms with Crippen LogP contribution < -0.4 is 11.1 Å². The third kappa shape index (κ3) is 3.34. The molecule has 0 radical (unpaired) electrons. The molecule has 0 unspecified atom stereocenters. The Morgan fingerprint density at radius 1 is 1.14 bits per heavy atom. The number of aryl methyl sites for hydroxylation is 1. The molecule has 0 spiro atoms. The van der Waals surface area contributed by atoms with E-state index in [0.717, 1.165) is 11.6 Å². The number of benzene rings is 2. The molecule has 6 heteroatoms. The number of anilines is 1. The van der Waals surface area contributed by atoms with Gasteiger partial charge >= 0.3 is 0 Å². The van der Waals surface area contributed by atoms with E-state index in [1.165, 1.54) is 12.1 Å². The lowest BCUT2D eigenvalue weighted by Gasteiger charge is -2.11. The maximum atomic E-state index is 13.6. The highest BCUT2D eigenvalue weighted by atomic mass is 19.1. The summed E-state index contributed by atoms with van der Waals surface area (Å²) in [7, 11) is 0. The minimum Gasteiger partial charge on any atom is -0.379 e. The first kappa shape index (κ1) is 14.9. The van der Waals surface area contributed by atoms with Crippen LogP contribution >= 0.6 is 0 Å². The van der Waals surface area contributed by atoms with Crippen molar-refractivity contribution in [3.05, 3.63) is 64.5 Å². The molecule has 0 atom stereocenters. The molecule has 0 heterocycles. The van der Waals surface area contributed by atoms with Crippen molar-refractivity contribution < 1.29 is 18.0 Å². The van der Waals surface area contributed by atoms with E-state index in [9.17, 15) is 18.0 Å². The monoisotopic (exact) mass is 294 g/mol. The first-order chi connectivity index (χ1) is 9.88. The van der Waals surface area contributed by atoms with E-state index in [-0.39, 0.29) is 12.2 Å². The highest BCUT2D eigenvalue weighted by molar-refractivity contribution is 5.94. The molecule has 21 heavy (non-hydrogen) atoms. The Hall–Kier alpha value is -2.50. The molecule has 0 fully saturated rings. The fourth-order valence-electron chi connectivity index (χ4n) is 1.89. The Kier molecular flexibility index (Phi) is 4.16. The van der Waals surface area contributed by atoms with Crippen LogP contribution in [0.5, 0.6) is 0 Å². The fourth-order valence-corrected chi connectivity index (χ4v) is 1.89. The Labute approximate surface area is 119 Å². The van der Waals surface area contributed by atoms with Crippen molar-refractivity contribution in [1.29, 1.82) is 0 Å². The number of hydrogen-bond donors (Lipinski definition) is 2. The van der Waals surface area contributed by atoms with Gasteiger partial charge in [-0.1, -0.05) is 6.07 Å². The van der Waals surface area contributed by atoms with Gasteiger partial charge in [-0.3, -0.25) is 4.79 Å². The van der Waals surface area contributed by atoms with Crippen LogP contribution in [0.15, 0.2) is 30.3 Å². The van der Waals surface area contributed by atoms with Crippen molar-refractivity contribution in [2.45, 2.75) is 13.5 Å². The van der Waals surface area contributed by atoms with Crippen molar-refractivity contribution in [3.8, 4) is 0 Å². The van der Waals surface area contributed by atoms with Gasteiger partial charge in [-0.15, -0.1) is 0 Å². The second-order valence-corrected chi connectivity index (χ2v) is 4.60. The first-order valence-electron chi connectivity index (χ1n) is 6.16. The topological polar surface area (TPSA) is 55.1 Å². The summed E-state index contributed by atoms with van der Waals surface area (Å²) in [5.41, 5.74) is 5.97. The molecule has 0 aliphatic carbocycles. The highest BCUT2D eigenvalue weighted by Gasteiger charge is 2.14. The zero-order chi connectivity index (χ0) is 15.6. The quantitative estimate of drug-likeness (QED) is 0.910. The minimum absolute atomic E-state index is 0.0751. The summed E-state index contributed by atoms with van der Waals surface area (Å²) in [5, 5.41) is 2.70. The molecular weight excluding hydrogens is 281 g/mol. The van der Waals surface area contributed by atoms with Crippen LogP contribution in [0.4, 0.5) is 18.9 Å². The van der Waals surface area contributed by atoms with Crippen LogP contribution in [-0.2, 0) is 6.54 Å². The van der Waals surface area contributed by atoms with Crippen molar-refractivity contribution >= 4 is 11.6 Å². The molecular formula is C15H13F3N2O. The largest absolute Gasteiger partial charge is 0.379 e. The Morgan fingerprint density at radius 2 is 1.86 bits per heavy atom. The standard InChI is InChI=1S/C15H13F3N2O/c1-8-2-3-10(16)4-9(8)7-20-14-5-11(15(19)21)12(17)6-13(14)18/h2-6,20H,7H2,1H3,(H2,19,21). The molecule has 3 nitrogen and oxygen atoms in total. The molecule has 2 aromatic carbocycles. The van der Waals surface area contributed by atoms with Gasteiger partial charge < -0.3 is 11.1 Å². The molecule has 2 aromatic rings. The van der Waals surface area contributed by atoms with Crippen molar-refractivity contribution in [3.63, 3.8) is 0 Å². The smallest absolute Gasteiger partial charge is 0.251 e. The summed E-state index contributed by atoms with van der Waals surface area (Å²) >= 11 is 0. The highest BCUT2D eigenvalue weighted by Crippen LogP contribution is 2.21. The molecule has 0 saturated carbocycles. The Bertz CT molecular complexity index is 702. The first-order valence-corrected chi connectivity index (χ1v) is 6.16. The Morgan fingerprint density at radius 3 is 2.52 bits per heavy atom. The summed E-state index contributed by atoms with van der Waals surface area (Å²) in [6, 6.07) is 5.83. The maximum absolute atomic E-state index is 13.6. The predicted molar refractivity (Wildman–Crippen MR) is 73.3 cm³/mol. The number of carbonyl (C=O) groups excluding carboxylic acids is 1. The molecule has 0 aliphatic heterocycles. The normalized spacial score (nSPS) is 10.5. The van der Waals surface area contributed by atoms with E-state index in [4.69, 9.17) is 5.73 Å². The molecule has 3 N–H and O–H groups in total. The second-order valence-electron chi connectivity index (χ2n) is 4.60. The van der Waals surface area contributed by atoms with Gasteiger partial charge in [-0.2, -0.15) is 0 Å². The van der Waals surface area contributed by atoms with Crippen LogP contribution in [0.1, 0.15) is 21.5 Å². The van der Waals surface area contributed by atoms with E-state index in [0.29, 0.717) is 11.6 Å². The molecule has 110 valence electrons. The number of hydrogen-bond acceptors (Lipinski definition) is 2. The lowest BCUT2D eigenvalue weighted by atomic mass is 10.1. The number of nitrogens with two attached hydrogens (primary N) is 1. The van der Waals surface area contributed by atoms with Gasteiger partial charge in [0, 0.05) is 12.6 Å². The zero-order valence-corrected chi connectivity index (χ0v) is 11.2. The van der Waals surface area contributed by atoms with E-state index >= 15 is 0 Å². The van der Waals surface area contributed by atoms with E-state index in [1.54, 1.807) is 13.0 Å². The lowest BCUT2D eigenvalue weighted by molar-refractivity contribution is 0.0996. The molecule has 0 bridgehead atoms. The number of amides is 1. The summed E-state index contributed by atoms with van der Waals surface area (Å²) in [4.78, 5) is 11.0. The zero-order valence-electron chi connectivity index (χ0n) is 11.2. The summed E-state index contributed by atoms with van der Waals surface area (Å²) in [6.45, 7) is 1.91. The number of nitrogens with one attached hydrogen (secondary N) is 1. The number of halogens is 3. The number of carbonyl (C=O) groups is 1. The van der Waals surface area contributed by atoms with E-state index in [2.05, 4.69) is 5.32 Å². The van der Waals surface area contributed by atoms with Crippen LogP contribution in [0.3, 0.4) is 0 Å². The van der Waals surface area contributed by atoms with Gasteiger partial charge in [0.05, 0.1) is 11.3 Å². The summed E-state index contributed by atoms with van der Waals surface area (Å²) in [5.74, 6) is -3.27. The average molecular weight is 294 g/mol. The second kappa shape index (κ2) is 5.87. The lowest BCUT2D eigenvalue weighted by Crippen LogP contribution is -2.14. The minimum atomic E-state index is -1.02. The molecule has 0 aromatic heterocycles. The van der Waals surface area contributed by atoms with Gasteiger partial charge in [-0.25, -0.2) is 13.2 Å². The third-order valence-electron chi connectivity index (χ3n) is 3.10. The van der Waals surface area contributed by atoms with Crippen LogP contribution in [0.25, 0.3) is 0 Å².